The molecule has 0 bridgehead atoms. The summed E-state index contributed by atoms with van der Waals surface area (Å²) < 4.78 is 5.42. The molecule has 1 saturated carbocycles. The van der Waals surface area contributed by atoms with Crippen LogP contribution in [0.3, 0.4) is 0 Å². The first-order valence-electron chi connectivity index (χ1n) is 12.5. The van der Waals surface area contributed by atoms with Crippen LogP contribution in [0.15, 0.2) is 35.3 Å². The first-order chi connectivity index (χ1) is 16.4. The van der Waals surface area contributed by atoms with Gasteiger partial charge in [0.25, 0.3) is 0 Å². The number of guanidine groups is 1. The molecule has 0 aromatic heterocycles. The molecule has 0 N–H and O–H groups in total. The summed E-state index contributed by atoms with van der Waals surface area (Å²) in [5.74, 6) is -1.62. The van der Waals surface area contributed by atoms with Crippen LogP contribution in [0.4, 0.5) is 0 Å². The molecule has 1 aromatic carbocycles. The number of imide groups is 1. The lowest BCUT2D eigenvalue weighted by Gasteiger charge is -2.41. The summed E-state index contributed by atoms with van der Waals surface area (Å²) in [6.07, 6.45) is 5.86. The Balaban J connectivity index is 1.69. The summed E-state index contributed by atoms with van der Waals surface area (Å²) in [6.45, 7) is 3.36. The van der Waals surface area contributed by atoms with Crippen molar-refractivity contribution in [1.82, 2.24) is 14.7 Å². The molecule has 3 aliphatic heterocycles. The maximum Gasteiger partial charge on any atom is 0.333 e. The third-order valence-corrected chi connectivity index (χ3v) is 8.28. The molecule has 4 atom stereocenters. The van der Waals surface area contributed by atoms with Gasteiger partial charge in [0.05, 0.1) is 31.0 Å². The van der Waals surface area contributed by atoms with Gasteiger partial charge in [-0.05, 0) is 25.3 Å². The fourth-order valence-electron chi connectivity index (χ4n) is 6.68. The summed E-state index contributed by atoms with van der Waals surface area (Å²) in [6, 6.07) is 9.61. The van der Waals surface area contributed by atoms with Gasteiger partial charge in [0, 0.05) is 26.6 Å². The largest absolute Gasteiger partial charge is 0.467 e. The van der Waals surface area contributed by atoms with Gasteiger partial charge in [0.1, 0.15) is 0 Å². The highest BCUT2D eigenvalue weighted by atomic mass is 16.5. The maximum absolute atomic E-state index is 13.8. The van der Waals surface area contributed by atoms with Crippen molar-refractivity contribution in [3.8, 4) is 0 Å². The van der Waals surface area contributed by atoms with Crippen molar-refractivity contribution in [2.75, 3.05) is 27.2 Å². The molecule has 0 spiro atoms. The Morgan fingerprint density at radius 2 is 1.82 bits per heavy atom. The average molecular weight is 467 g/mol. The minimum absolute atomic E-state index is 0.193. The molecule has 4 fully saturated rings. The van der Waals surface area contributed by atoms with Gasteiger partial charge < -0.3 is 14.5 Å². The second-order valence-electron chi connectivity index (χ2n) is 10.0. The van der Waals surface area contributed by atoms with Crippen molar-refractivity contribution < 1.29 is 19.1 Å². The van der Waals surface area contributed by atoms with Crippen molar-refractivity contribution in [2.24, 2.45) is 16.8 Å². The molecule has 3 saturated heterocycles. The van der Waals surface area contributed by atoms with Crippen LogP contribution in [0.5, 0.6) is 0 Å². The van der Waals surface area contributed by atoms with Crippen molar-refractivity contribution in [3.05, 3.63) is 35.9 Å². The summed E-state index contributed by atoms with van der Waals surface area (Å²) in [4.78, 5) is 51.3. The van der Waals surface area contributed by atoms with Crippen molar-refractivity contribution in [2.45, 2.75) is 63.1 Å². The van der Waals surface area contributed by atoms with Crippen LogP contribution >= 0.6 is 0 Å². The number of rotatable bonds is 5. The first kappa shape index (κ1) is 22.9. The number of amides is 2. The number of likely N-dealkylation sites (N-methyl/N-ethyl adjacent to an activating group) is 1. The Morgan fingerprint density at radius 3 is 2.47 bits per heavy atom. The number of carbonyl (C=O) groups is 3. The van der Waals surface area contributed by atoms with E-state index in [-0.39, 0.29) is 30.3 Å². The van der Waals surface area contributed by atoms with Gasteiger partial charge in [-0.1, -0.05) is 49.6 Å². The van der Waals surface area contributed by atoms with E-state index >= 15 is 0 Å². The normalized spacial score (nSPS) is 32.5. The van der Waals surface area contributed by atoms with Gasteiger partial charge in [-0.3, -0.25) is 14.5 Å². The maximum atomic E-state index is 13.8. The predicted molar refractivity (Wildman–Crippen MR) is 127 cm³/mol. The van der Waals surface area contributed by atoms with Crippen LogP contribution in [0, 0.1) is 11.8 Å². The zero-order valence-corrected chi connectivity index (χ0v) is 20.3. The van der Waals surface area contributed by atoms with Gasteiger partial charge in [0.15, 0.2) is 11.5 Å². The minimum atomic E-state index is -1.32. The molecule has 182 valence electrons. The molecule has 5 rings (SSSR count). The van der Waals surface area contributed by atoms with Crippen molar-refractivity contribution in [1.29, 1.82) is 0 Å². The monoisotopic (exact) mass is 466 g/mol. The van der Waals surface area contributed by atoms with E-state index in [0.29, 0.717) is 6.54 Å². The van der Waals surface area contributed by atoms with Crippen LogP contribution in [-0.2, 0) is 25.5 Å². The first-order valence-corrected chi connectivity index (χ1v) is 12.5. The number of carbonyl (C=O) groups excluding carboxylic acids is 3. The number of nitrogens with zero attached hydrogens (tertiary/aromatic N) is 4. The number of aliphatic imine (C=N–C) groups is 1. The Bertz CT molecular complexity index is 1010. The van der Waals surface area contributed by atoms with Crippen molar-refractivity contribution >= 4 is 23.7 Å². The van der Waals surface area contributed by atoms with Gasteiger partial charge in [-0.2, -0.15) is 0 Å². The lowest BCUT2D eigenvalue weighted by Crippen LogP contribution is -2.61. The summed E-state index contributed by atoms with van der Waals surface area (Å²) in [5.41, 5.74) is -0.394. The van der Waals surface area contributed by atoms with E-state index in [9.17, 15) is 14.4 Å². The van der Waals surface area contributed by atoms with E-state index in [1.54, 1.807) is 0 Å². The topological polar surface area (TPSA) is 82.5 Å². The third kappa shape index (κ3) is 3.25. The summed E-state index contributed by atoms with van der Waals surface area (Å²) >= 11 is 0. The van der Waals surface area contributed by atoms with Crippen LogP contribution < -0.4 is 0 Å². The molecular formula is C26H34N4O4. The van der Waals surface area contributed by atoms with E-state index in [2.05, 4.69) is 11.8 Å². The van der Waals surface area contributed by atoms with Crippen LogP contribution in [0.25, 0.3) is 0 Å². The van der Waals surface area contributed by atoms with E-state index in [4.69, 9.17) is 9.73 Å². The van der Waals surface area contributed by atoms with Crippen LogP contribution in [0.1, 0.15) is 44.6 Å². The van der Waals surface area contributed by atoms with Gasteiger partial charge in [-0.25, -0.2) is 9.79 Å². The molecular weight excluding hydrogens is 432 g/mol. The van der Waals surface area contributed by atoms with E-state index in [1.807, 2.05) is 35.2 Å². The third-order valence-electron chi connectivity index (χ3n) is 8.28. The second kappa shape index (κ2) is 8.71. The molecule has 8 nitrogen and oxygen atoms in total. The number of ether oxygens (including phenoxy) is 1. The lowest BCUT2D eigenvalue weighted by atomic mass is 9.76. The lowest BCUT2D eigenvalue weighted by molar-refractivity contribution is -0.158. The van der Waals surface area contributed by atoms with E-state index in [1.165, 1.54) is 25.5 Å². The number of methoxy groups -OCH3 is 1. The molecule has 0 unspecified atom stereocenters. The molecule has 4 aliphatic rings. The Morgan fingerprint density at radius 1 is 1.12 bits per heavy atom. The molecule has 34 heavy (non-hydrogen) atoms. The molecule has 2 amide bonds. The summed E-state index contributed by atoms with van der Waals surface area (Å²) in [5, 5.41) is 0. The zero-order valence-electron chi connectivity index (χ0n) is 20.3. The highest BCUT2D eigenvalue weighted by molar-refractivity contribution is 6.11. The van der Waals surface area contributed by atoms with Gasteiger partial charge in [-0.15, -0.1) is 0 Å². The number of likely N-dealkylation sites (tertiary alicyclic amines) is 1. The smallest absolute Gasteiger partial charge is 0.333 e. The zero-order chi connectivity index (χ0) is 24.0. The highest BCUT2D eigenvalue weighted by Crippen LogP contribution is 2.53. The van der Waals surface area contributed by atoms with Crippen LogP contribution in [-0.4, -0.2) is 83.3 Å². The Labute approximate surface area is 200 Å². The Kier molecular flexibility index (Phi) is 5.86. The minimum Gasteiger partial charge on any atom is -0.467 e. The summed E-state index contributed by atoms with van der Waals surface area (Å²) in [7, 11) is 2.90. The fourth-order valence-corrected chi connectivity index (χ4v) is 6.68. The number of benzene rings is 1. The standard InChI is InChI=1S/C26H34N4O4/c1-4-29-16-19-20-21(23(32)28(2)22(20)31)26(24(33)34-3,15-17-11-7-5-8-12-17)30(19)25(29)27-18-13-9-6-10-14-18/h5,7-8,11-12,18-21H,4,6,9-10,13-16H2,1-3H3/t19-,20+,21-,26-/m1/s1. The number of fused-ring (bicyclic) bond motifs is 3. The van der Waals surface area contributed by atoms with E-state index in [0.717, 1.165) is 43.8 Å². The molecule has 3 heterocycles. The fraction of sp³-hybridized carbons (Fsp3) is 0.615. The highest BCUT2D eigenvalue weighted by Gasteiger charge is 2.74. The van der Waals surface area contributed by atoms with Gasteiger partial charge >= 0.3 is 5.97 Å². The molecule has 1 aromatic rings. The molecule has 1 aliphatic carbocycles. The SMILES string of the molecule is CCN1C[C@@H]2[C@@H]3C(=O)N(C)C(=O)[C@@H]3[C@](Cc3ccccc3)(C(=O)OC)N2C1=NC1CCCCC1. The number of hydrogen-bond donors (Lipinski definition) is 0. The second-order valence-corrected chi connectivity index (χ2v) is 10.0. The average Bonchev–Trinajstić information content (AvgIpc) is 3.44. The number of esters is 1. The van der Waals surface area contributed by atoms with Gasteiger partial charge in [0.2, 0.25) is 11.8 Å². The number of hydrogen-bond acceptors (Lipinski definition) is 5. The molecule has 8 heteroatoms. The predicted octanol–water partition coefficient (Wildman–Crippen LogP) is 2.08. The van der Waals surface area contributed by atoms with E-state index < -0.39 is 23.3 Å². The molecule has 0 radical (unpaired) electrons. The van der Waals surface area contributed by atoms with Crippen LogP contribution in [0.2, 0.25) is 0 Å². The quantitative estimate of drug-likeness (QED) is 0.488. The Hall–Kier alpha value is -2.90. The van der Waals surface area contributed by atoms with Crippen molar-refractivity contribution in [3.63, 3.8) is 0 Å².